The lowest BCUT2D eigenvalue weighted by atomic mass is 9.74. The summed E-state index contributed by atoms with van der Waals surface area (Å²) < 4.78 is 0. The number of nitrogens with one attached hydrogen (secondary N) is 1. The van der Waals surface area contributed by atoms with Crippen LogP contribution in [0.4, 0.5) is 5.82 Å². The summed E-state index contributed by atoms with van der Waals surface area (Å²) in [7, 11) is 5.90. The van der Waals surface area contributed by atoms with E-state index in [-0.39, 0.29) is 23.6 Å². The van der Waals surface area contributed by atoms with Gasteiger partial charge in [-0.25, -0.2) is 4.98 Å². The highest BCUT2D eigenvalue weighted by Crippen LogP contribution is 2.27. The highest BCUT2D eigenvalue weighted by Gasteiger charge is 2.21. The van der Waals surface area contributed by atoms with Gasteiger partial charge in [0, 0.05) is 17.8 Å². The molecule has 23 heavy (non-hydrogen) atoms. The molecule has 0 atom stereocenters. The molecular weight excluding hydrogens is 285 g/mol. The number of nitrogen functional groups attached to an aromatic ring is 1. The van der Waals surface area contributed by atoms with E-state index in [1.807, 2.05) is 36.4 Å². The van der Waals surface area contributed by atoms with Crippen LogP contribution >= 0.6 is 0 Å². The van der Waals surface area contributed by atoms with Crippen molar-refractivity contribution in [3.05, 3.63) is 48.2 Å². The van der Waals surface area contributed by atoms with Crippen molar-refractivity contribution in [1.29, 1.82) is 0 Å². The number of nitrogens with two attached hydrogens (primary N) is 1. The van der Waals surface area contributed by atoms with Gasteiger partial charge in [-0.3, -0.25) is 4.79 Å². The maximum atomic E-state index is 12.5. The Morgan fingerprint density at radius 2 is 1.83 bits per heavy atom. The molecule has 1 aliphatic carbocycles. The van der Waals surface area contributed by atoms with E-state index < -0.39 is 0 Å². The Morgan fingerprint density at radius 1 is 1.13 bits per heavy atom. The molecule has 0 aliphatic heterocycles. The maximum absolute atomic E-state index is 12.5. The molecule has 0 spiro atoms. The second-order valence-electron chi connectivity index (χ2n) is 6.11. The number of hydrogen-bond donors (Lipinski definition) is 2. The maximum Gasteiger partial charge on any atom is 0.255 e. The first kappa shape index (κ1) is 15.6. The Morgan fingerprint density at radius 3 is 2.52 bits per heavy atom. The molecule has 0 bridgehead atoms. The lowest BCUT2D eigenvalue weighted by molar-refractivity contribution is 0.0928. The molecule has 1 amide bonds. The quantitative estimate of drug-likeness (QED) is 0.857. The van der Waals surface area contributed by atoms with E-state index in [0.717, 1.165) is 36.8 Å². The monoisotopic (exact) mass is 305 g/mol. The van der Waals surface area contributed by atoms with Crippen LogP contribution in [0.2, 0.25) is 5.82 Å². The Kier molecular flexibility index (Phi) is 4.65. The Labute approximate surface area is 137 Å². The van der Waals surface area contributed by atoms with Crippen LogP contribution in [0.15, 0.2) is 42.6 Å². The van der Waals surface area contributed by atoms with Gasteiger partial charge in [0.1, 0.15) is 5.82 Å². The first-order valence-corrected chi connectivity index (χ1v) is 8.01. The minimum Gasteiger partial charge on any atom is -0.383 e. The van der Waals surface area contributed by atoms with E-state index in [1.54, 1.807) is 6.20 Å². The van der Waals surface area contributed by atoms with Crippen molar-refractivity contribution in [2.24, 2.45) is 0 Å². The highest BCUT2D eigenvalue weighted by molar-refractivity contribution is 6.11. The van der Waals surface area contributed by atoms with Crippen molar-refractivity contribution in [3.63, 3.8) is 0 Å². The van der Waals surface area contributed by atoms with Gasteiger partial charge in [0.25, 0.3) is 5.91 Å². The fourth-order valence-electron chi connectivity index (χ4n) is 2.97. The van der Waals surface area contributed by atoms with Crippen molar-refractivity contribution in [2.45, 2.75) is 37.5 Å². The molecule has 2 radical (unpaired) electrons. The number of nitrogens with zero attached hydrogens (tertiary/aromatic N) is 1. The summed E-state index contributed by atoms with van der Waals surface area (Å²) in [5.41, 5.74) is 8.23. The number of rotatable bonds is 3. The van der Waals surface area contributed by atoms with Crippen molar-refractivity contribution in [1.82, 2.24) is 10.3 Å². The van der Waals surface area contributed by atoms with Gasteiger partial charge in [0.15, 0.2) is 0 Å². The van der Waals surface area contributed by atoms with Crippen LogP contribution < -0.4 is 11.1 Å². The van der Waals surface area contributed by atoms with Gasteiger partial charge in [0.05, 0.1) is 13.4 Å². The number of benzene rings is 1. The van der Waals surface area contributed by atoms with Crippen LogP contribution in [0.1, 0.15) is 36.0 Å². The number of aromatic nitrogens is 1. The molecule has 3 N–H and O–H groups in total. The molecule has 1 fully saturated rings. The molecule has 1 aromatic carbocycles. The fraction of sp³-hybridized carbons (Fsp3) is 0.333. The highest BCUT2D eigenvalue weighted by atomic mass is 16.1. The van der Waals surface area contributed by atoms with Crippen molar-refractivity contribution >= 4 is 19.6 Å². The number of amides is 1. The van der Waals surface area contributed by atoms with Crippen molar-refractivity contribution in [3.8, 4) is 11.1 Å². The predicted octanol–water partition coefficient (Wildman–Crippen LogP) is 2.96. The first-order chi connectivity index (χ1) is 11.1. The minimum atomic E-state index is -0.159. The van der Waals surface area contributed by atoms with Crippen LogP contribution in [0, 0.1) is 0 Å². The van der Waals surface area contributed by atoms with Crippen molar-refractivity contribution < 1.29 is 4.79 Å². The van der Waals surface area contributed by atoms with Crippen LogP contribution in [-0.4, -0.2) is 24.8 Å². The molecule has 4 nitrogen and oxygen atoms in total. The molecular formula is C18H20BN3O. The van der Waals surface area contributed by atoms with E-state index in [2.05, 4.69) is 10.3 Å². The van der Waals surface area contributed by atoms with Crippen LogP contribution in [0.3, 0.4) is 0 Å². The molecule has 1 heterocycles. The molecule has 1 aromatic heterocycles. The van der Waals surface area contributed by atoms with E-state index in [9.17, 15) is 4.79 Å². The van der Waals surface area contributed by atoms with Gasteiger partial charge >= 0.3 is 0 Å². The second-order valence-corrected chi connectivity index (χ2v) is 6.11. The molecule has 116 valence electrons. The van der Waals surface area contributed by atoms with E-state index in [4.69, 9.17) is 13.6 Å². The Hall–Kier alpha value is -2.30. The van der Waals surface area contributed by atoms with Gasteiger partial charge in [-0.1, -0.05) is 49.0 Å². The summed E-state index contributed by atoms with van der Waals surface area (Å²) in [6, 6.07) is 11.8. The minimum absolute atomic E-state index is 0.159. The molecule has 0 unspecified atom stereocenters. The van der Waals surface area contributed by atoms with Crippen molar-refractivity contribution in [2.75, 3.05) is 5.73 Å². The lowest BCUT2D eigenvalue weighted by Crippen LogP contribution is -2.37. The van der Waals surface area contributed by atoms with E-state index in [1.165, 1.54) is 0 Å². The molecule has 0 saturated heterocycles. The molecule has 1 aliphatic rings. The summed E-state index contributed by atoms with van der Waals surface area (Å²) in [6.07, 6.45) is 5.42. The summed E-state index contributed by atoms with van der Waals surface area (Å²) in [5, 5.41) is 3.06. The van der Waals surface area contributed by atoms with E-state index in [0.29, 0.717) is 5.56 Å². The predicted molar refractivity (Wildman–Crippen MR) is 93.3 cm³/mol. The zero-order valence-electron chi connectivity index (χ0n) is 13.0. The number of anilines is 1. The standard InChI is InChI=1S/C18H20BN3O/c19-14-6-8-15(9-7-14)22-18(23)16-10-13(11-21-17(16)20)12-4-2-1-3-5-12/h1-5,10-11,14-15H,6-9H2,(H2,20,21)(H,22,23). The molecule has 1 saturated carbocycles. The molecule has 5 heteroatoms. The number of pyridine rings is 1. The zero-order chi connectivity index (χ0) is 16.2. The summed E-state index contributed by atoms with van der Waals surface area (Å²) >= 11 is 0. The lowest BCUT2D eigenvalue weighted by Gasteiger charge is -2.27. The van der Waals surface area contributed by atoms with E-state index >= 15 is 0 Å². The number of hydrogen-bond acceptors (Lipinski definition) is 3. The van der Waals surface area contributed by atoms with Gasteiger partial charge in [-0.15, -0.1) is 0 Å². The van der Waals surface area contributed by atoms with Crippen LogP contribution in [-0.2, 0) is 0 Å². The number of carbonyl (C=O) groups excluding carboxylic acids is 1. The topological polar surface area (TPSA) is 68.0 Å². The molecule has 2 aromatic rings. The Balaban J connectivity index is 1.77. The third kappa shape index (κ3) is 3.73. The second kappa shape index (κ2) is 6.86. The normalized spacial score (nSPS) is 20.9. The van der Waals surface area contributed by atoms with Gasteiger partial charge in [-0.2, -0.15) is 0 Å². The largest absolute Gasteiger partial charge is 0.383 e. The summed E-state index contributed by atoms with van der Waals surface area (Å²) in [6.45, 7) is 0. The first-order valence-electron chi connectivity index (χ1n) is 8.01. The van der Waals surface area contributed by atoms with Gasteiger partial charge in [0.2, 0.25) is 0 Å². The molecule has 3 rings (SSSR count). The van der Waals surface area contributed by atoms with Gasteiger partial charge in [-0.05, 0) is 24.5 Å². The van der Waals surface area contributed by atoms with Crippen LogP contribution in [0.25, 0.3) is 11.1 Å². The summed E-state index contributed by atoms with van der Waals surface area (Å²) in [4.78, 5) is 16.7. The Bertz CT molecular complexity index is 682. The number of carbonyl (C=O) groups is 1. The van der Waals surface area contributed by atoms with Gasteiger partial charge < -0.3 is 11.1 Å². The third-order valence-corrected chi connectivity index (χ3v) is 4.38. The SMILES string of the molecule is [B]C1CCC(NC(=O)c2cc(-c3ccccc3)cnc2N)CC1. The summed E-state index contributed by atoms with van der Waals surface area (Å²) in [5.74, 6) is 0.360. The average molecular weight is 305 g/mol. The smallest absolute Gasteiger partial charge is 0.255 e. The van der Waals surface area contributed by atoms with Crippen LogP contribution in [0.5, 0.6) is 0 Å². The third-order valence-electron chi connectivity index (χ3n) is 4.38. The fourth-order valence-corrected chi connectivity index (χ4v) is 2.97. The zero-order valence-corrected chi connectivity index (χ0v) is 13.0. The average Bonchev–Trinajstić information content (AvgIpc) is 2.58.